The Bertz CT molecular complexity index is 815. The van der Waals surface area contributed by atoms with Crippen LogP contribution in [0, 0.1) is 5.92 Å². The number of rotatable bonds is 10. The number of hydrogen-bond donors (Lipinski definition) is 3. The van der Waals surface area contributed by atoms with Crippen LogP contribution in [0.1, 0.15) is 55.8 Å². The Labute approximate surface area is 171 Å². The van der Waals surface area contributed by atoms with Gasteiger partial charge in [-0.1, -0.05) is 31.4 Å². The summed E-state index contributed by atoms with van der Waals surface area (Å²) in [6, 6.07) is 5.61. The molecular formula is C20H29N3O5S. The third kappa shape index (κ3) is 7.58. The van der Waals surface area contributed by atoms with Gasteiger partial charge in [0.1, 0.15) is 0 Å². The van der Waals surface area contributed by atoms with E-state index in [0.29, 0.717) is 18.7 Å². The fourth-order valence-corrected chi connectivity index (χ4v) is 4.27. The Morgan fingerprint density at radius 3 is 2.17 bits per heavy atom. The van der Waals surface area contributed by atoms with Crippen molar-refractivity contribution in [1.29, 1.82) is 0 Å². The summed E-state index contributed by atoms with van der Waals surface area (Å²) in [7, 11) is -3.75. The molecular weight excluding hydrogens is 394 g/mol. The Morgan fingerprint density at radius 1 is 0.931 bits per heavy atom. The first-order valence-electron chi connectivity index (χ1n) is 9.94. The number of amides is 2. The molecule has 2 amide bonds. The third-order valence-electron chi connectivity index (χ3n) is 4.94. The van der Waals surface area contributed by atoms with Crippen LogP contribution < -0.4 is 15.4 Å². The number of sulfonamides is 1. The molecule has 0 bridgehead atoms. The maximum absolute atomic E-state index is 12.2. The summed E-state index contributed by atoms with van der Waals surface area (Å²) in [6.07, 6.45) is 5.21. The van der Waals surface area contributed by atoms with Crippen molar-refractivity contribution in [2.45, 2.75) is 50.3 Å². The van der Waals surface area contributed by atoms with Gasteiger partial charge >= 0.3 is 0 Å². The molecule has 2 rings (SSSR count). The van der Waals surface area contributed by atoms with Crippen LogP contribution in [0.15, 0.2) is 29.2 Å². The van der Waals surface area contributed by atoms with Crippen molar-refractivity contribution in [2.75, 3.05) is 19.6 Å². The number of nitrogens with one attached hydrogen (secondary N) is 3. The minimum atomic E-state index is -3.75. The van der Waals surface area contributed by atoms with Crippen LogP contribution in [0.25, 0.3) is 0 Å². The van der Waals surface area contributed by atoms with Gasteiger partial charge in [0.2, 0.25) is 21.8 Å². The van der Waals surface area contributed by atoms with E-state index in [9.17, 15) is 22.8 Å². The number of ketones is 1. The second-order valence-corrected chi connectivity index (χ2v) is 8.97. The second-order valence-electron chi connectivity index (χ2n) is 7.20. The molecule has 0 saturated heterocycles. The summed E-state index contributed by atoms with van der Waals surface area (Å²) in [5, 5.41) is 5.49. The molecule has 1 fully saturated rings. The molecule has 3 N–H and O–H groups in total. The summed E-state index contributed by atoms with van der Waals surface area (Å²) in [6.45, 7) is 2.02. The van der Waals surface area contributed by atoms with Crippen molar-refractivity contribution in [3.05, 3.63) is 29.8 Å². The fraction of sp³-hybridized carbons (Fsp3) is 0.550. The molecule has 0 heterocycles. The Morgan fingerprint density at radius 2 is 1.55 bits per heavy atom. The van der Waals surface area contributed by atoms with Crippen LogP contribution in [0.2, 0.25) is 0 Å². The predicted octanol–water partition coefficient (Wildman–Crippen LogP) is 1.37. The van der Waals surface area contributed by atoms with Crippen LogP contribution in [-0.2, 0) is 19.6 Å². The van der Waals surface area contributed by atoms with Crippen molar-refractivity contribution in [3.63, 3.8) is 0 Å². The molecule has 9 heteroatoms. The monoisotopic (exact) mass is 423 g/mol. The van der Waals surface area contributed by atoms with E-state index in [1.807, 2.05) is 0 Å². The highest BCUT2D eigenvalue weighted by atomic mass is 32.2. The van der Waals surface area contributed by atoms with Crippen molar-refractivity contribution in [1.82, 2.24) is 15.4 Å². The van der Waals surface area contributed by atoms with Crippen molar-refractivity contribution in [3.8, 4) is 0 Å². The zero-order valence-corrected chi connectivity index (χ0v) is 17.5. The van der Waals surface area contributed by atoms with Gasteiger partial charge in [0.15, 0.2) is 5.78 Å². The van der Waals surface area contributed by atoms with Gasteiger partial charge in [0.05, 0.1) is 4.90 Å². The van der Waals surface area contributed by atoms with Gasteiger partial charge in [-0.25, -0.2) is 13.1 Å². The van der Waals surface area contributed by atoms with Gasteiger partial charge in [-0.15, -0.1) is 0 Å². The summed E-state index contributed by atoms with van der Waals surface area (Å²) < 4.78 is 26.8. The first kappa shape index (κ1) is 23.0. The highest BCUT2D eigenvalue weighted by Gasteiger charge is 2.20. The number of hydrogen-bond acceptors (Lipinski definition) is 5. The molecule has 0 unspecified atom stereocenters. The summed E-state index contributed by atoms with van der Waals surface area (Å²) in [5.74, 6) is -0.319. The zero-order chi connectivity index (χ0) is 21.3. The van der Waals surface area contributed by atoms with Crippen molar-refractivity contribution >= 4 is 27.6 Å². The van der Waals surface area contributed by atoms with E-state index in [0.717, 1.165) is 25.7 Å². The molecule has 160 valence electrons. The molecule has 0 aliphatic heterocycles. The fourth-order valence-electron chi connectivity index (χ4n) is 3.24. The molecule has 0 aromatic heterocycles. The summed E-state index contributed by atoms with van der Waals surface area (Å²) in [5.41, 5.74) is 0.430. The number of benzene rings is 1. The molecule has 1 aromatic rings. The molecule has 1 saturated carbocycles. The lowest BCUT2D eigenvalue weighted by Crippen LogP contribution is -2.38. The van der Waals surface area contributed by atoms with Gasteiger partial charge in [-0.05, 0) is 31.9 Å². The van der Waals surface area contributed by atoms with E-state index in [-0.39, 0.29) is 41.4 Å². The van der Waals surface area contributed by atoms with Crippen LogP contribution in [0.3, 0.4) is 0 Å². The molecule has 1 aliphatic carbocycles. The van der Waals surface area contributed by atoms with Crippen LogP contribution in [0.4, 0.5) is 0 Å². The third-order valence-corrected chi connectivity index (χ3v) is 6.41. The van der Waals surface area contributed by atoms with Gasteiger partial charge in [0, 0.05) is 37.5 Å². The predicted molar refractivity (Wildman–Crippen MR) is 109 cm³/mol. The first-order chi connectivity index (χ1) is 13.8. The standard InChI is InChI=1S/C20H29N3O5S/c1-15(24)16-7-9-18(10-8-16)29(27,28)23-12-11-19(25)21-13-14-22-20(26)17-5-3-2-4-6-17/h7-10,17,23H,2-6,11-14H2,1H3,(H,21,25)(H,22,26). The highest BCUT2D eigenvalue weighted by molar-refractivity contribution is 7.89. The SMILES string of the molecule is CC(=O)c1ccc(S(=O)(=O)NCCC(=O)NCCNC(=O)C2CCCCC2)cc1. The van der Waals surface area contributed by atoms with E-state index < -0.39 is 10.0 Å². The largest absolute Gasteiger partial charge is 0.354 e. The van der Waals surface area contributed by atoms with Crippen LogP contribution in [0.5, 0.6) is 0 Å². The lowest BCUT2D eigenvalue weighted by Gasteiger charge is -2.20. The first-order valence-corrected chi connectivity index (χ1v) is 11.4. The Balaban J connectivity index is 1.64. The van der Waals surface area contributed by atoms with Gasteiger partial charge < -0.3 is 10.6 Å². The Hall–Kier alpha value is -2.26. The molecule has 29 heavy (non-hydrogen) atoms. The zero-order valence-electron chi connectivity index (χ0n) is 16.7. The van der Waals surface area contributed by atoms with E-state index >= 15 is 0 Å². The molecule has 0 spiro atoms. The van der Waals surface area contributed by atoms with Crippen LogP contribution >= 0.6 is 0 Å². The van der Waals surface area contributed by atoms with E-state index in [2.05, 4.69) is 15.4 Å². The van der Waals surface area contributed by atoms with Crippen molar-refractivity contribution in [2.24, 2.45) is 5.92 Å². The van der Waals surface area contributed by atoms with Crippen LogP contribution in [-0.4, -0.2) is 45.6 Å². The van der Waals surface area contributed by atoms with Gasteiger partial charge in [-0.2, -0.15) is 0 Å². The smallest absolute Gasteiger partial charge is 0.240 e. The lowest BCUT2D eigenvalue weighted by molar-refractivity contribution is -0.126. The summed E-state index contributed by atoms with van der Waals surface area (Å²) >= 11 is 0. The van der Waals surface area contributed by atoms with E-state index in [1.54, 1.807) is 0 Å². The molecule has 1 aromatic carbocycles. The number of carbonyl (C=O) groups is 3. The molecule has 8 nitrogen and oxygen atoms in total. The van der Waals surface area contributed by atoms with E-state index in [4.69, 9.17) is 0 Å². The lowest BCUT2D eigenvalue weighted by atomic mass is 9.89. The maximum Gasteiger partial charge on any atom is 0.240 e. The number of Topliss-reactive ketones (excluding diaryl/α,β-unsaturated/α-hetero) is 1. The van der Waals surface area contributed by atoms with E-state index in [1.165, 1.54) is 37.6 Å². The second kappa shape index (κ2) is 11.1. The van der Waals surface area contributed by atoms with Gasteiger partial charge in [-0.3, -0.25) is 14.4 Å². The average Bonchev–Trinajstić information content (AvgIpc) is 2.71. The minimum Gasteiger partial charge on any atom is -0.354 e. The summed E-state index contributed by atoms with van der Waals surface area (Å²) in [4.78, 5) is 35.1. The molecule has 0 radical (unpaired) electrons. The topological polar surface area (TPSA) is 121 Å². The molecule has 1 aliphatic rings. The minimum absolute atomic E-state index is 0.0126. The maximum atomic E-state index is 12.2. The van der Waals surface area contributed by atoms with Gasteiger partial charge in [0.25, 0.3) is 0 Å². The normalized spacial score (nSPS) is 14.9. The number of carbonyl (C=O) groups excluding carboxylic acids is 3. The average molecular weight is 424 g/mol. The highest BCUT2D eigenvalue weighted by Crippen LogP contribution is 2.23. The Kier molecular flexibility index (Phi) is 8.78. The molecule has 0 atom stereocenters. The quantitative estimate of drug-likeness (QED) is 0.388. The van der Waals surface area contributed by atoms with Crippen molar-refractivity contribution < 1.29 is 22.8 Å².